The predicted molar refractivity (Wildman–Crippen MR) is 63.8 cm³/mol. The van der Waals surface area contributed by atoms with Crippen molar-refractivity contribution in [3.8, 4) is 0 Å². The SMILES string of the molecule is CC(C)C(C)N(C1CC1)[C@H](C(C)C)C(F)(F)F. The molecule has 1 saturated carbocycles. The summed E-state index contributed by atoms with van der Waals surface area (Å²) in [7, 11) is 0. The van der Waals surface area contributed by atoms with Crippen LogP contribution in [0.1, 0.15) is 47.5 Å². The molecule has 1 fully saturated rings. The zero-order valence-electron chi connectivity index (χ0n) is 11.4. The molecule has 4 heteroatoms. The topological polar surface area (TPSA) is 3.24 Å². The van der Waals surface area contributed by atoms with Crippen LogP contribution in [0.5, 0.6) is 0 Å². The summed E-state index contributed by atoms with van der Waals surface area (Å²) in [6, 6.07) is -1.18. The van der Waals surface area contributed by atoms with E-state index >= 15 is 0 Å². The summed E-state index contributed by atoms with van der Waals surface area (Å²) in [5.74, 6) is -0.143. The van der Waals surface area contributed by atoms with Gasteiger partial charge < -0.3 is 0 Å². The monoisotopic (exact) mass is 251 g/mol. The Bertz CT molecular complexity index is 244. The molecule has 0 aromatic heterocycles. The summed E-state index contributed by atoms with van der Waals surface area (Å²) in [5.41, 5.74) is 0. The van der Waals surface area contributed by atoms with Crippen molar-refractivity contribution in [3.63, 3.8) is 0 Å². The van der Waals surface area contributed by atoms with Crippen LogP contribution in [-0.4, -0.2) is 29.2 Å². The molecular formula is C13H24F3N. The fraction of sp³-hybridized carbons (Fsp3) is 1.00. The van der Waals surface area contributed by atoms with Gasteiger partial charge in [-0.2, -0.15) is 13.2 Å². The van der Waals surface area contributed by atoms with Crippen molar-refractivity contribution in [3.05, 3.63) is 0 Å². The van der Waals surface area contributed by atoms with E-state index < -0.39 is 18.1 Å². The molecule has 0 spiro atoms. The minimum atomic E-state index is -4.13. The first kappa shape index (κ1) is 14.8. The minimum absolute atomic E-state index is 0.0171. The first-order chi connectivity index (χ1) is 7.66. The Morgan fingerprint density at radius 3 is 1.65 bits per heavy atom. The van der Waals surface area contributed by atoms with Gasteiger partial charge in [0, 0.05) is 12.1 Å². The fourth-order valence-corrected chi connectivity index (χ4v) is 2.42. The van der Waals surface area contributed by atoms with Gasteiger partial charge in [-0.15, -0.1) is 0 Å². The van der Waals surface area contributed by atoms with Gasteiger partial charge in [0.2, 0.25) is 0 Å². The average molecular weight is 251 g/mol. The zero-order valence-corrected chi connectivity index (χ0v) is 11.4. The van der Waals surface area contributed by atoms with Gasteiger partial charge in [0.05, 0.1) is 0 Å². The van der Waals surface area contributed by atoms with Crippen LogP contribution >= 0.6 is 0 Å². The molecule has 0 saturated heterocycles. The fourth-order valence-electron chi connectivity index (χ4n) is 2.42. The van der Waals surface area contributed by atoms with Gasteiger partial charge in [0.15, 0.2) is 0 Å². The van der Waals surface area contributed by atoms with Crippen molar-refractivity contribution < 1.29 is 13.2 Å². The number of hydrogen-bond acceptors (Lipinski definition) is 1. The van der Waals surface area contributed by atoms with E-state index in [1.807, 2.05) is 20.8 Å². The van der Waals surface area contributed by atoms with E-state index in [1.165, 1.54) is 0 Å². The van der Waals surface area contributed by atoms with Crippen LogP contribution in [0.2, 0.25) is 0 Å². The second-order valence-corrected chi connectivity index (χ2v) is 5.89. The molecule has 2 atom stereocenters. The van der Waals surface area contributed by atoms with Gasteiger partial charge in [-0.25, -0.2) is 0 Å². The van der Waals surface area contributed by atoms with Crippen LogP contribution in [0.15, 0.2) is 0 Å². The van der Waals surface area contributed by atoms with E-state index in [0.29, 0.717) is 0 Å². The molecule has 102 valence electrons. The lowest BCUT2D eigenvalue weighted by molar-refractivity contribution is -0.204. The van der Waals surface area contributed by atoms with Crippen molar-refractivity contribution in [2.45, 2.75) is 71.8 Å². The first-order valence-corrected chi connectivity index (χ1v) is 6.50. The molecule has 1 rings (SSSR count). The summed E-state index contributed by atoms with van der Waals surface area (Å²) in [6.45, 7) is 9.24. The molecule has 0 heterocycles. The summed E-state index contributed by atoms with van der Waals surface area (Å²) < 4.78 is 39.6. The van der Waals surface area contributed by atoms with Crippen molar-refractivity contribution in [1.29, 1.82) is 0 Å². The largest absolute Gasteiger partial charge is 0.404 e. The Morgan fingerprint density at radius 1 is 0.941 bits per heavy atom. The smallest absolute Gasteiger partial charge is 0.286 e. The quantitative estimate of drug-likeness (QED) is 0.711. The highest BCUT2D eigenvalue weighted by molar-refractivity contribution is 4.95. The molecule has 1 aliphatic rings. The third-order valence-electron chi connectivity index (χ3n) is 3.69. The first-order valence-electron chi connectivity index (χ1n) is 6.50. The Hall–Kier alpha value is -0.250. The van der Waals surface area contributed by atoms with E-state index in [1.54, 1.807) is 18.7 Å². The number of nitrogens with zero attached hydrogens (tertiary/aromatic N) is 1. The highest BCUT2D eigenvalue weighted by Gasteiger charge is 2.51. The molecule has 1 unspecified atom stereocenters. The highest BCUT2D eigenvalue weighted by Crippen LogP contribution is 2.40. The normalized spacial score (nSPS) is 21.4. The second-order valence-electron chi connectivity index (χ2n) is 5.89. The lowest BCUT2D eigenvalue weighted by Crippen LogP contribution is -2.55. The Balaban J connectivity index is 2.94. The number of hydrogen-bond donors (Lipinski definition) is 0. The molecule has 1 aliphatic carbocycles. The Kier molecular flexibility index (Phi) is 4.50. The van der Waals surface area contributed by atoms with E-state index in [-0.39, 0.29) is 18.0 Å². The summed E-state index contributed by atoms with van der Waals surface area (Å²) >= 11 is 0. The standard InChI is InChI=1S/C13H24F3N/c1-8(2)10(5)17(11-6-7-11)12(9(3)4)13(14,15)16/h8-12H,6-7H2,1-5H3/t10?,12-/m1/s1. The van der Waals surface area contributed by atoms with Gasteiger partial charge in [-0.1, -0.05) is 27.7 Å². The van der Waals surface area contributed by atoms with Gasteiger partial charge in [0.25, 0.3) is 0 Å². The number of halogens is 3. The van der Waals surface area contributed by atoms with Crippen molar-refractivity contribution in [2.24, 2.45) is 11.8 Å². The van der Waals surface area contributed by atoms with Crippen LogP contribution in [0.4, 0.5) is 13.2 Å². The maximum Gasteiger partial charge on any atom is 0.404 e. The average Bonchev–Trinajstić information content (AvgIpc) is 2.92. The molecule has 0 aromatic rings. The van der Waals surface area contributed by atoms with Gasteiger partial charge in [0.1, 0.15) is 6.04 Å². The third kappa shape index (κ3) is 3.60. The maximum atomic E-state index is 13.2. The molecule has 1 nitrogen and oxygen atoms in total. The van der Waals surface area contributed by atoms with Crippen LogP contribution in [-0.2, 0) is 0 Å². The van der Waals surface area contributed by atoms with Crippen LogP contribution in [0, 0.1) is 11.8 Å². The van der Waals surface area contributed by atoms with Crippen molar-refractivity contribution >= 4 is 0 Å². The van der Waals surface area contributed by atoms with E-state index in [9.17, 15) is 13.2 Å². The predicted octanol–water partition coefficient (Wildman–Crippen LogP) is 4.08. The molecule has 17 heavy (non-hydrogen) atoms. The zero-order chi connectivity index (χ0) is 13.4. The minimum Gasteiger partial charge on any atom is -0.286 e. The molecule has 0 amide bonds. The van der Waals surface area contributed by atoms with Crippen LogP contribution in [0.25, 0.3) is 0 Å². The lowest BCUT2D eigenvalue weighted by Gasteiger charge is -2.41. The van der Waals surface area contributed by atoms with Gasteiger partial charge >= 0.3 is 6.18 Å². The summed E-state index contributed by atoms with van der Waals surface area (Å²) in [4.78, 5) is 1.72. The van der Waals surface area contributed by atoms with Gasteiger partial charge in [-0.05, 0) is 31.6 Å². The van der Waals surface area contributed by atoms with Crippen LogP contribution in [0.3, 0.4) is 0 Å². The van der Waals surface area contributed by atoms with E-state index in [0.717, 1.165) is 12.8 Å². The molecule has 0 radical (unpaired) electrons. The van der Waals surface area contributed by atoms with Crippen molar-refractivity contribution in [2.75, 3.05) is 0 Å². The number of rotatable bonds is 5. The summed E-state index contributed by atoms with van der Waals surface area (Å²) in [5, 5.41) is 0. The molecular weight excluding hydrogens is 227 g/mol. The summed E-state index contributed by atoms with van der Waals surface area (Å²) in [6.07, 6.45) is -2.30. The second kappa shape index (κ2) is 5.17. The molecule has 0 aliphatic heterocycles. The Morgan fingerprint density at radius 2 is 1.41 bits per heavy atom. The maximum absolute atomic E-state index is 13.2. The van der Waals surface area contributed by atoms with E-state index in [2.05, 4.69) is 0 Å². The van der Waals surface area contributed by atoms with E-state index in [4.69, 9.17) is 0 Å². The third-order valence-corrected chi connectivity index (χ3v) is 3.69. The Labute approximate surface area is 102 Å². The lowest BCUT2D eigenvalue weighted by atomic mass is 9.96. The van der Waals surface area contributed by atoms with Crippen LogP contribution < -0.4 is 0 Å². The van der Waals surface area contributed by atoms with Crippen molar-refractivity contribution in [1.82, 2.24) is 4.90 Å². The number of alkyl halides is 3. The van der Waals surface area contributed by atoms with Gasteiger partial charge in [-0.3, -0.25) is 4.90 Å². The molecule has 0 N–H and O–H groups in total. The molecule has 0 bridgehead atoms. The molecule has 0 aromatic carbocycles. The highest BCUT2D eigenvalue weighted by atomic mass is 19.4.